The molecule has 1 amide bonds. The van der Waals surface area contributed by atoms with E-state index in [4.69, 9.17) is 5.73 Å². The van der Waals surface area contributed by atoms with E-state index in [0.29, 0.717) is 0 Å². The molecule has 0 fully saturated rings. The molecule has 4 heteroatoms. The number of benzene rings is 1. The van der Waals surface area contributed by atoms with Crippen molar-refractivity contribution in [3.05, 3.63) is 60.4 Å². The summed E-state index contributed by atoms with van der Waals surface area (Å²) in [5.74, 6) is -0.359. The predicted octanol–water partition coefficient (Wildman–Crippen LogP) is 2.57. The normalized spacial score (nSPS) is 13.8. The SMILES string of the molecule is CC(Sc1ccccc1)(C(N)=O)c1ccncc1. The molecule has 18 heavy (non-hydrogen) atoms. The Labute approximate surface area is 110 Å². The van der Waals surface area contributed by atoms with Crippen molar-refractivity contribution in [2.24, 2.45) is 5.73 Å². The maximum Gasteiger partial charge on any atom is 0.238 e. The third-order valence-electron chi connectivity index (χ3n) is 2.77. The maximum absolute atomic E-state index is 11.8. The summed E-state index contributed by atoms with van der Waals surface area (Å²) in [4.78, 5) is 16.8. The third kappa shape index (κ3) is 2.54. The summed E-state index contributed by atoms with van der Waals surface area (Å²) in [5.41, 5.74) is 6.43. The Balaban J connectivity index is 2.37. The molecule has 0 aliphatic rings. The number of thioether (sulfide) groups is 1. The molecule has 0 aliphatic carbocycles. The Hall–Kier alpha value is -1.81. The summed E-state index contributed by atoms with van der Waals surface area (Å²) in [5, 5.41) is 0. The van der Waals surface area contributed by atoms with Gasteiger partial charge in [0.1, 0.15) is 4.75 Å². The van der Waals surface area contributed by atoms with E-state index in [1.165, 1.54) is 11.8 Å². The lowest BCUT2D eigenvalue weighted by atomic mass is 10.0. The molecule has 2 N–H and O–H groups in total. The highest BCUT2D eigenvalue weighted by Crippen LogP contribution is 2.40. The van der Waals surface area contributed by atoms with E-state index in [0.717, 1.165) is 10.5 Å². The Bertz CT molecular complexity index is 530. The number of carbonyl (C=O) groups is 1. The molecule has 0 bridgehead atoms. The number of nitrogens with zero attached hydrogens (tertiary/aromatic N) is 1. The molecule has 1 atom stereocenters. The molecule has 0 aliphatic heterocycles. The average molecular weight is 258 g/mol. The largest absolute Gasteiger partial charge is 0.368 e. The fraction of sp³-hybridized carbons (Fsp3) is 0.143. The van der Waals surface area contributed by atoms with Gasteiger partial charge in [-0.1, -0.05) is 18.2 Å². The minimum atomic E-state index is -0.787. The second kappa shape index (κ2) is 5.23. The van der Waals surface area contributed by atoms with Crippen LogP contribution in [0.1, 0.15) is 12.5 Å². The Morgan fingerprint density at radius 1 is 1.17 bits per heavy atom. The first-order valence-electron chi connectivity index (χ1n) is 5.57. The van der Waals surface area contributed by atoms with Gasteiger partial charge < -0.3 is 5.73 Å². The van der Waals surface area contributed by atoms with Crippen molar-refractivity contribution in [3.8, 4) is 0 Å². The summed E-state index contributed by atoms with van der Waals surface area (Å²) in [6.07, 6.45) is 3.34. The molecule has 0 radical (unpaired) electrons. The minimum Gasteiger partial charge on any atom is -0.368 e. The molecule has 1 unspecified atom stereocenters. The summed E-state index contributed by atoms with van der Waals surface area (Å²) in [6, 6.07) is 13.4. The van der Waals surface area contributed by atoms with Crippen molar-refractivity contribution in [1.29, 1.82) is 0 Å². The van der Waals surface area contributed by atoms with Crippen LogP contribution < -0.4 is 5.73 Å². The van der Waals surface area contributed by atoms with Crippen molar-refractivity contribution in [2.45, 2.75) is 16.6 Å². The molecule has 0 saturated carbocycles. The zero-order valence-electron chi connectivity index (χ0n) is 10.0. The van der Waals surface area contributed by atoms with Gasteiger partial charge in [0.05, 0.1) is 0 Å². The monoisotopic (exact) mass is 258 g/mol. The van der Waals surface area contributed by atoms with E-state index in [1.807, 2.05) is 49.4 Å². The van der Waals surface area contributed by atoms with Crippen LogP contribution in [0.2, 0.25) is 0 Å². The number of hydrogen-bond acceptors (Lipinski definition) is 3. The van der Waals surface area contributed by atoms with Crippen molar-refractivity contribution in [3.63, 3.8) is 0 Å². The Morgan fingerprint density at radius 2 is 1.78 bits per heavy atom. The number of hydrogen-bond donors (Lipinski definition) is 1. The van der Waals surface area contributed by atoms with Crippen LogP contribution in [0.4, 0.5) is 0 Å². The average Bonchev–Trinajstić information content (AvgIpc) is 2.40. The number of amides is 1. The quantitative estimate of drug-likeness (QED) is 0.857. The van der Waals surface area contributed by atoms with E-state index in [-0.39, 0.29) is 5.91 Å². The molecular formula is C14H14N2OS. The van der Waals surface area contributed by atoms with Crippen LogP contribution >= 0.6 is 11.8 Å². The summed E-state index contributed by atoms with van der Waals surface area (Å²) in [7, 11) is 0. The third-order valence-corrected chi connectivity index (χ3v) is 4.12. The van der Waals surface area contributed by atoms with Gasteiger partial charge in [-0.2, -0.15) is 0 Å². The van der Waals surface area contributed by atoms with Gasteiger partial charge in [0, 0.05) is 17.3 Å². The van der Waals surface area contributed by atoms with E-state index in [2.05, 4.69) is 4.98 Å². The molecule has 2 rings (SSSR count). The van der Waals surface area contributed by atoms with Crippen LogP contribution in [-0.4, -0.2) is 10.9 Å². The number of rotatable bonds is 4. The van der Waals surface area contributed by atoms with E-state index < -0.39 is 4.75 Å². The van der Waals surface area contributed by atoms with E-state index >= 15 is 0 Å². The molecular weight excluding hydrogens is 244 g/mol. The highest BCUT2D eigenvalue weighted by atomic mass is 32.2. The van der Waals surface area contributed by atoms with Gasteiger partial charge in [-0.05, 0) is 36.8 Å². The second-order valence-electron chi connectivity index (χ2n) is 4.05. The Kier molecular flexibility index (Phi) is 3.67. The highest BCUT2D eigenvalue weighted by Gasteiger charge is 2.34. The van der Waals surface area contributed by atoms with Gasteiger partial charge >= 0.3 is 0 Å². The fourth-order valence-electron chi connectivity index (χ4n) is 1.65. The van der Waals surface area contributed by atoms with Crippen LogP contribution in [0, 0.1) is 0 Å². The number of aromatic nitrogens is 1. The zero-order valence-corrected chi connectivity index (χ0v) is 10.9. The first-order valence-corrected chi connectivity index (χ1v) is 6.39. The molecule has 2 aromatic rings. The molecule has 3 nitrogen and oxygen atoms in total. The van der Waals surface area contributed by atoms with Crippen molar-refractivity contribution >= 4 is 17.7 Å². The van der Waals surface area contributed by atoms with Gasteiger partial charge in [-0.15, -0.1) is 11.8 Å². The van der Waals surface area contributed by atoms with Crippen molar-refractivity contribution in [1.82, 2.24) is 4.98 Å². The molecule has 1 heterocycles. The van der Waals surface area contributed by atoms with Crippen LogP contribution in [0.3, 0.4) is 0 Å². The molecule has 1 aromatic heterocycles. The lowest BCUT2D eigenvalue weighted by Crippen LogP contribution is -2.35. The first-order chi connectivity index (χ1) is 8.63. The Morgan fingerprint density at radius 3 is 2.33 bits per heavy atom. The predicted molar refractivity (Wildman–Crippen MR) is 73.1 cm³/mol. The second-order valence-corrected chi connectivity index (χ2v) is 5.54. The smallest absolute Gasteiger partial charge is 0.238 e. The molecule has 1 aromatic carbocycles. The summed E-state index contributed by atoms with van der Waals surface area (Å²) >= 11 is 1.45. The number of carbonyl (C=O) groups excluding carboxylic acids is 1. The number of primary amides is 1. The first kappa shape index (κ1) is 12.6. The number of nitrogens with two attached hydrogens (primary N) is 1. The molecule has 0 spiro atoms. The lowest BCUT2D eigenvalue weighted by Gasteiger charge is -2.25. The molecule has 92 valence electrons. The maximum atomic E-state index is 11.8. The van der Waals surface area contributed by atoms with E-state index in [1.54, 1.807) is 12.4 Å². The van der Waals surface area contributed by atoms with Crippen LogP contribution in [0.15, 0.2) is 59.8 Å². The molecule has 0 saturated heterocycles. The zero-order chi connectivity index (χ0) is 13.0. The lowest BCUT2D eigenvalue weighted by molar-refractivity contribution is -0.120. The summed E-state index contributed by atoms with van der Waals surface area (Å²) < 4.78 is -0.787. The van der Waals surface area contributed by atoms with Crippen molar-refractivity contribution < 1.29 is 4.79 Å². The van der Waals surface area contributed by atoms with Gasteiger partial charge in [-0.25, -0.2) is 0 Å². The highest BCUT2D eigenvalue weighted by molar-refractivity contribution is 8.01. The minimum absolute atomic E-state index is 0.359. The standard InChI is InChI=1S/C14H14N2OS/c1-14(13(15)17,11-7-9-16-10-8-11)18-12-5-3-2-4-6-12/h2-10H,1H3,(H2,15,17). The van der Waals surface area contributed by atoms with Gasteiger partial charge in [0.15, 0.2) is 0 Å². The van der Waals surface area contributed by atoms with Crippen LogP contribution in [0.5, 0.6) is 0 Å². The van der Waals surface area contributed by atoms with Gasteiger partial charge in [-0.3, -0.25) is 9.78 Å². The van der Waals surface area contributed by atoms with Crippen LogP contribution in [-0.2, 0) is 9.54 Å². The van der Waals surface area contributed by atoms with Crippen molar-refractivity contribution in [2.75, 3.05) is 0 Å². The van der Waals surface area contributed by atoms with E-state index in [9.17, 15) is 4.79 Å². The van der Waals surface area contributed by atoms with Crippen LogP contribution in [0.25, 0.3) is 0 Å². The van der Waals surface area contributed by atoms with Gasteiger partial charge in [0.25, 0.3) is 0 Å². The summed E-state index contributed by atoms with van der Waals surface area (Å²) in [6.45, 7) is 1.84. The topological polar surface area (TPSA) is 56.0 Å². The fourth-order valence-corrected chi connectivity index (χ4v) is 2.76. The van der Waals surface area contributed by atoms with Gasteiger partial charge in [0.2, 0.25) is 5.91 Å². The number of pyridine rings is 1.